The zero-order valence-corrected chi connectivity index (χ0v) is 15.3. The van der Waals surface area contributed by atoms with Gasteiger partial charge in [0.05, 0.1) is 17.1 Å². The molecule has 130 valence electrons. The minimum Gasteiger partial charge on any atom is -0.264 e. The molecule has 0 aliphatic heterocycles. The third-order valence-corrected chi connectivity index (χ3v) is 6.27. The van der Waals surface area contributed by atoms with Gasteiger partial charge in [0.1, 0.15) is 5.01 Å². The molecule has 1 N–H and O–H groups in total. The Hall–Kier alpha value is -2.61. The zero-order valence-electron chi connectivity index (χ0n) is 13.7. The molecule has 2 aromatic carbocycles. The van der Waals surface area contributed by atoms with Gasteiger partial charge in [-0.25, -0.2) is 18.1 Å². The number of aromatic nitrogens is 2. The zero-order chi connectivity index (χ0) is 18.0. The second-order valence-corrected chi connectivity index (χ2v) is 8.34. The summed E-state index contributed by atoms with van der Waals surface area (Å²) < 4.78 is 27.8. The number of thiazole rings is 1. The molecule has 5 nitrogen and oxygen atoms in total. The molecule has 4 aromatic rings. The van der Waals surface area contributed by atoms with Crippen molar-refractivity contribution < 1.29 is 8.42 Å². The normalized spacial score (nSPS) is 11.7. The van der Waals surface area contributed by atoms with Crippen LogP contribution in [0.1, 0.15) is 5.69 Å². The minimum absolute atomic E-state index is 0.145. The molecule has 26 heavy (non-hydrogen) atoms. The number of sulfonamides is 1. The van der Waals surface area contributed by atoms with E-state index >= 15 is 0 Å². The van der Waals surface area contributed by atoms with Gasteiger partial charge < -0.3 is 0 Å². The van der Waals surface area contributed by atoms with E-state index in [2.05, 4.69) is 14.7 Å². The minimum atomic E-state index is -3.60. The largest absolute Gasteiger partial charge is 0.264 e. The number of benzene rings is 2. The van der Waals surface area contributed by atoms with Crippen molar-refractivity contribution in [3.05, 3.63) is 78.1 Å². The fourth-order valence-corrected chi connectivity index (χ4v) is 4.44. The highest BCUT2D eigenvalue weighted by Gasteiger charge is 2.15. The summed E-state index contributed by atoms with van der Waals surface area (Å²) in [6, 6.07) is 16.6. The Balaban J connectivity index is 1.52. The molecule has 0 saturated heterocycles. The van der Waals surface area contributed by atoms with Gasteiger partial charge in [-0.2, -0.15) is 0 Å². The average Bonchev–Trinajstić information content (AvgIpc) is 3.16. The van der Waals surface area contributed by atoms with Crippen molar-refractivity contribution in [3.8, 4) is 10.6 Å². The predicted octanol–water partition coefficient (Wildman–Crippen LogP) is 3.84. The summed E-state index contributed by atoms with van der Waals surface area (Å²) in [5.41, 5.74) is 1.60. The molecule has 2 heterocycles. The van der Waals surface area contributed by atoms with Gasteiger partial charge in [-0.1, -0.05) is 30.3 Å². The number of pyridine rings is 1. The Morgan fingerprint density at radius 3 is 2.65 bits per heavy atom. The van der Waals surface area contributed by atoms with Crippen LogP contribution < -0.4 is 4.72 Å². The van der Waals surface area contributed by atoms with E-state index in [0.29, 0.717) is 5.69 Å². The van der Waals surface area contributed by atoms with E-state index in [4.69, 9.17) is 0 Å². The third kappa shape index (κ3) is 3.50. The number of nitrogens with one attached hydrogen (secondary N) is 1. The van der Waals surface area contributed by atoms with E-state index < -0.39 is 10.0 Å². The fourth-order valence-electron chi connectivity index (χ4n) is 2.60. The topological polar surface area (TPSA) is 72.0 Å². The summed E-state index contributed by atoms with van der Waals surface area (Å²) in [6.07, 6.45) is 3.44. The number of fused-ring (bicyclic) bond motifs is 1. The van der Waals surface area contributed by atoms with Crippen LogP contribution in [0.15, 0.2) is 77.3 Å². The first-order chi connectivity index (χ1) is 12.6. The van der Waals surface area contributed by atoms with Crippen molar-refractivity contribution in [2.75, 3.05) is 0 Å². The summed E-state index contributed by atoms with van der Waals surface area (Å²) in [4.78, 5) is 8.80. The van der Waals surface area contributed by atoms with Crippen LogP contribution in [0.2, 0.25) is 0 Å². The van der Waals surface area contributed by atoms with Gasteiger partial charge in [0, 0.05) is 23.3 Å². The molecule has 0 radical (unpaired) electrons. The Bertz CT molecular complexity index is 1160. The van der Waals surface area contributed by atoms with Crippen LogP contribution in [0.25, 0.3) is 21.3 Å². The van der Waals surface area contributed by atoms with Crippen LogP contribution in [0.3, 0.4) is 0 Å². The Morgan fingerprint density at radius 1 is 1.00 bits per heavy atom. The summed E-state index contributed by atoms with van der Waals surface area (Å²) >= 11 is 1.46. The molecule has 7 heteroatoms. The van der Waals surface area contributed by atoms with Crippen LogP contribution in [0.4, 0.5) is 0 Å². The van der Waals surface area contributed by atoms with Crippen molar-refractivity contribution in [2.45, 2.75) is 11.4 Å². The van der Waals surface area contributed by atoms with E-state index in [9.17, 15) is 8.42 Å². The van der Waals surface area contributed by atoms with E-state index in [-0.39, 0.29) is 11.4 Å². The van der Waals surface area contributed by atoms with Crippen molar-refractivity contribution in [2.24, 2.45) is 0 Å². The maximum Gasteiger partial charge on any atom is 0.240 e. The monoisotopic (exact) mass is 381 g/mol. The van der Waals surface area contributed by atoms with E-state index in [0.717, 1.165) is 21.3 Å². The molecule has 0 unspecified atom stereocenters. The average molecular weight is 381 g/mol. The molecule has 0 aliphatic carbocycles. The molecule has 0 bridgehead atoms. The van der Waals surface area contributed by atoms with Gasteiger partial charge in [0.15, 0.2) is 0 Å². The first-order valence-electron chi connectivity index (χ1n) is 7.95. The van der Waals surface area contributed by atoms with Crippen LogP contribution >= 0.6 is 11.3 Å². The Labute approximate surface area is 155 Å². The first-order valence-corrected chi connectivity index (χ1v) is 10.3. The van der Waals surface area contributed by atoms with Gasteiger partial charge in [0.25, 0.3) is 0 Å². The van der Waals surface area contributed by atoms with Crippen LogP contribution in [-0.2, 0) is 16.6 Å². The lowest BCUT2D eigenvalue weighted by Crippen LogP contribution is -2.23. The standard InChI is InChI=1S/C19H15N3O2S2/c23-26(24,18-8-7-14-4-1-2-5-15(14)10-18)21-12-17-13-25-19(22-17)16-6-3-9-20-11-16/h1-11,13,21H,12H2. The molecule has 4 rings (SSSR count). The maximum absolute atomic E-state index is 12.6. The van der Waals surface area contributed by atoms with E-state index in [1.165, 1.54) is 11.3 Å². The second kappa shape index (κ2) is 6.95. The molecular weight excluding hydrogens is 366 g/mol. The van der Waals surface area contributed by atoms with Gasteiger partial charge >= 0.3 is 0 Å². The first kappa shape index (κ1) is 16.8. The second-order valence-electron chi connectivity index (χ2n) is 5.72. The van der Waals surface area contributed by atoms with Gasteiger partial charge in [-0.3, -0.25) is 4.98 Å². The molecular formula is C19H15N3O2S2. The van der Waals surface area contributed by atoms with Crippen LogP contribution in [0.5, 0.6) is 0 Å². The highest BCUT2D eigenvalue weighted by atomic mass is 32.2. The van der Waals surface area contributed by atoms with Crippen LogP contribution in [0, 0.1) is 0 Å². The number of hydrogen-bond acceptors (Lipinski definition) is 5. The lowest BCUT2D eigenvalue weighted by molar-refractivity contribution is 0.581. The maximum atomic E-state index is 12.6. The Kier molecular flexibility index (Phi) is 4.50. The highest BCUT2D eigenvalue weighted by molar-refractivity contribution is 7.89. The molecule has 0 spiro atoms. The van der Waals surface area contributed by atoms with Crippen molar-refractivity contribution in [1.82, 2.24) is 14.7 Å². The quantitative estimate of drug-likeness (QED) is 0.570. The number of hydrogen-bond donors (Lipinski definition) is 1. The Morgan fingerprint density at radius 2 is 1.85 bits per heavy atom. The van der Waals surface area contributed by atoms with Gasteiger partial charge in [-0.05, 0) is 35.0 Å². The molecule has 0 amide bonds. The number of rotatable bonds is 5. The van der Waals surface area contributed by atoms with Crippen molar-refractivity contribution in [1.29, 1.82) is 0 Å². The highest BCUT2D eigenvalue weighted by Crippen LogP contribution is 2.23. The molecule has 0 fully saturated rings. The fraction of sp³-hybridized carbons (Fsp3) is 0.0526. The van der Waals surface area contributed by atoms with Crippen LogP contribution in [-0.4, -0.2) is 18.4 Å². The SMILES string of the molecule is O=S(=O)(NCc1csc(-c2cccnc2)n1)c1ccc2ccccc2c1. The number of nitrogens with zero attached hydrogens (tertiary/aromatic N) is 2. The summed E-state index contributed by atoms with van der Waals surface area (Å²) in [5.74, 6) is 0. The van der Waals surface area contributed by atoms with E-state index in [1.807, 2.05) is 47.8 Å². The summed E-state index contributed by atoms with van der Waals surface area (Å²) in [5, 5.41) is 4.57. The summed E-state index contributed by atoms with van der Waals surface area (Å²) in [6.45, 7) is 0.145. The smallest absolute Gasteiger partial charge is 0.240 e. The lowest BCUT2D eigenvalue weighted by atomic mass is 10.1. The molecule has 2 aromatic heterocycles. The summed E-state index contributed by atoms with van der Waals surface area (Å²) in [7, 11) is -3.60. The van der Waals surface area contributed by atoms with Crippen molar-refractivity contribution >= 4 is 32.1 Å². The van der Waals surface area contributed by atoms with Gasteiger partial charge in [-0.15, -0.1) is 11.3 Å². The molecule has 0 saturated carbocycles. The van der Waals surface area contributed by atoms with Crippen molar-refractivity contribution in [3.63, 3.8) is 0 Å². The van der Waals surface area contributed by atoms with E-state index in [1.54, 1.807) is 24.5 Å². The molecule has 0 atom stereocenters. The van der Waals surface area contributed by atoms with Gasteiger partial charge in [0.2, 0.25) is 10.0 Å². The lowest BCUT2D eigenvalue weighted by Gasteiger charge is -2.07. The predicted molar refractivity (Wildman–Crippen MR) is 103 cm³/mol. The third-order valence-electron chi connectivity index (χ3n) is 3.93. The molecule has 0 aliphatic rings.